The third kappa shape index (κ3) is 4.84. The fraction of sp³-hybridized carbons (Fsp3) is 0.214. The van der Waals surface area contributed by atoms with E-state index in [-0.39, 0.29) is 30.7 Å². The molecule has 0 fully saturated rings. The number of anilines is 1. The summed E-state index contributed by atoms with van der Waals surface area (Å²) in [6, 6.07) is 20.8. The molecule has 0 unspecified atom stereocenters. The molecule has 3 aromatic carbocycles. The van der Waals surface area contributed by atoms with Crippen LogP contribution >= 0.6 is 0 Å². The second kappa shape index (κ2) is 9.54. The first kappa shape index (κ1) is 22.5. The molecule has 5 rings (SSSR count). The third-order valence-corrected chi connectivity index (χ3v) is 6.24. The zero-order valence-electron chi connectivity index (χ0n) is 19.5. The van der Waals surface area contributed by atoms with Crippen LogP contribution in [0, 0.1) is 6.92 Å². The van der Waals surface area contributed by atoms with Crippen LogP contribution in [0.4, 0.5) is 5.69 Å². The number of carbonyl (C=O) groups excluding carboxylic acids is 3. The summed E-state index contributed by atoms with van der Waals surface area (Å²) in [5.74, 6) is 0.228. The molecule has 2 heterocycles. The number of aromatic amines is 1. The van der Waals surface area contributed by atoms with E-state index in [0.717, 1.165) is 41.0 Å². The number of hydrogen-bond donors (Lipinski definition) is 2. The summed E-state index contributed by atoms with van der Waals surface area (Å²) in [6.07, 6.45) is 2.28. The summed E-state index contributed by atoms with van der Waals surface area (Å²) in [5.41, 5.74) is 5.97. The van der Waals surface area contributed by atoms with Crippen molar-refractivity contribution in [2.75, 3.05) is 11.9 Å². The standard InChI is InChI=1S/C28H26N4O3/c1-18-8-14-23-24(17-18)31-25(30-23)15-11-19-9-12-20(13-10-19)29-26(33)7-4-16-32-27(34)21-5-2-3-6-22(21)28(32)35/h2-3,5-6,8-10,12-14,17H,4,7,11,15-16H2,1H3,(H,29,33)(H,30,31). The number of fused-ring (bicyclic) bond motifs is 2. The summed E-state index contributed by atoms with van der Waals surface area (Å²) in [5, 5.41) is 2.89. The van der Waals surface area contributed by atoms with Gasteiger partial charge in [0.25, 0.3) is 11.8 Å². The van der Waals surface area contributed by atoms with Gasteiger partial charge in [-0.1, -0.05) is 30.3 Å². The van der Waals surface area contributed by atoms with Crippen molar-refractivity contribution in [3.8, 4) is 0 Å². The number of carbonyl (C=O) groups is 3. The SMILES string of the molecule is Cc1ccc2nc(CCc3ccc(NC(=O)CCCN4C(=O)c5ccccc5C4=O)cc3)[nH]c2c1. The number of benzene rings is 3. The third-order valence-electron chi connectivity index (χ3n) is 6.24. The Morgan fingerprint density at radius 3 is 2.37 bits per heavy atom. The molecule has 0 saturated heterocycles. The van der Waals surface area contributed by atoms with Crippen LogP contribution in [0.25, 0.3) is 11.0 Å². The van der Waals surface area contributed by atoms with Gasteiger partial charge in [-0.05, 0) is 67.3 Å². The van der Waals surface area contributed by atoms with E-state index < -0.39 is 0 Å². The minimum absolute atomic E-state index is 0.146. The minimum atomic E-state index is -0.292. The lowest BCUT2D eigenvalue weighted by Crippen LogP contribution is -2.31. The molecule has 3 amide bonds. The molecule has 0 saturated carbocycles. The Morgan fingerprint density at radius 2 is 1.66 bits per heavy atom. The van der Waals surface area contributed by atoms with Crippen LogP contribution in [0.3, 0.4) is 0 Å². The van der Waals surface area contributed by atoms with E-state index in [1.165, 1.54) is 10.5 Å². The fourth-order valence-electron chi connectivity index (χ4n) is 4.38. The summed E-state index contributed by atoms with van der Waals surface area (Å²) >= 11 is 0. The molecule has 7 nitrogen and oxygen atoms in total. The van der Waals surface area contributed by atoms with E-state index in [2.05, 4.69) is 34.3 Å². The zero-order chi connectivity index (χ0) is 24.4. The second-order valence-corrected chi connectivity index (χ2v) is 8.86. The number of aryl methyl sites for hydroxylation is 3. The number of nitrogens with one attached hydrogen (secondary N) is 2. The maximum atomic E-state index is 12.4. The highest BCUT2D eigenvalue weighted by atomic mass is 16.2. The fourth-order valence-corrected chi connectivity index (χ4v) is 4.38. The lowest BCUT2D eigenvalue weighted by atomic mass is 10.1. The van der Waals surface area contributed by atoms with E-state index in [0.29, 0.717) is 17.5 Å². The molecule has 0 radical (unpaired) electrons. The molecule has 35 heavy (non-hydrogen) atoms. The van der Waals surface area contributed by atoms with Gasteiger partial charge in [-0.25, -0.2) is 4.98 Å². The smallest absolute Gasteiger partial charge is 0.261 e. The van der Waals surface area contributed by atoms with E-state index in [9.17, 15) is 14.4 Å². The Morgan fingerprint density at radius 1 is 0.943 bits per heavy atom. The van der Waals surface area contributed by atoms with E-state index in [1.54, 1.807) is 24.3 Å². The highest BCUT2D eigenvalue weighted by Crippen LogP contribution is 2.23. The molecule has 7 heteroatoms. The minimum Gasteiger partial charge on any atom is -0.342 e. The van der Waals surface area contributed by atoms with E-state index in [1.807, 2.05) is 30.3 Å². The number of amides is 3. The van der Waals surface area contributed by atoms with Crippen LogP contribution < -0.4 is 5.32 Å². The van der Waals surface area contributed by atoms with Gasteiger partial charge < -0.3 is 10.3 Å². The normalized spacial score (nSPS) is 12.9. The second-order valence-electron chi connectivity index (χ2n) is 8.86. The maximum absolute atomic E-state index is 12.4. The molecule has 0 bridgehead atoms. The highest BCUT2D eigenvalue weighted by Gasteiger charge is 2.34. The molecule has 0 atom stereocenters. The predicted molar refractivity (Wildman–Crippen MR) is 134 cm³/mol. The Balaban J connectivity index is 1.08. The summed E-state index contributed by atoms with van der Waals surface area (Å²) in [7, 11) is 0. The topological polar surface area (TPSA) is 95.2 Å². The number of imide groups is 1. The molecular weight excluding hydrogens is 440 g/mol. The molecular formula is C28H26N4O3. The van der Waals surface area contributed by atoms with Gasteiger partial charge in [-0.3, -0.25) is 19.3 Å². The highest BCUT2D eigenvalue weighted by molar-refractivity contribution is 6.21. The van der Waals surface area contributed by atoms with Gasteiger partial charge in [-0.2, -0.15) is 0 Å². The lowest BCUT2D eigenvalue weighted by Gasteiger charge is -2.13. The first-order valence-corrected chi connectivity index (χ1v) is 11.8. The Bertz CT molecular complexity index is 1390. The van der Waals surface area contributed by atoms with Crippen LogP contribution in [0.1, 0.15) is 50.5 Å². The molecule has 1 aromatic heterocycles. The molecule has 0 spiro atoms. The molecule has 0 aliphatic carbocycles. The van der Waals surface area contributed by atoms with Crippen molar-refractivity contribution in [1.82, 2.24) is 14.9 Å². The number of hydrogen-bond acceptors (Lipinski definition) is 4. The maximum Gasteiger partial charge on any atom is 0.261 e. The van der Waals surface area contributed by atoms with Crippen LogP contribution in [0.5, 0.6) is 0 Å². The molecule has 2 N–H and O–H groups in total. The van der Waals surface area contributed by atoms with Gasteiger partial charge in [0.05, 0.1) is 22.2 Å². The largest absolute Gasteiger partial charge is 0.342 e. The average molecular weight is 467 g/mol. The monoisotopic (exact) mass is 466 g/mol. The van der Waals surface area contributed by atoms with Crippen LogP contribution in [0.15, 0.2) is 66.7 Å². The predicted octanol–water partition coefficient (Wildman–Crippen LogP) is 4.67. The number of nitrogens with zero attached hydrogens (tertiary/aromatic N) is 2. The van der Waals surface area contributed by atoms with E-state index in [4.69, 9.17) is 0 Å². The van der Waals surface area contributed by atoms with Crippen LogP contribution in [-0.2, 0) is 17.6 Å². The van der Waals surface area contributed by atoms with Gasteiger partial charge in [0.15, 0.2) is 0 Å². The van der Waals surface area contributed by atoms with Gasteiger partial charge in [0, 0.05) is 25.1 Å². The molecule has 1 aliphatic rings. The molecule has 1 aliphatic heterocycles. The quantitative estimate of drug-likeness (QED) is 0.369. The Kier molecular flexibility index (Phi) is 6.14. The summed E-state index contributed by atoms with van der Waals surface area (Å²) in [6.45, 7) is 2.29. The molecule has 4 aromatic rings. The molecule has 176 valence electrons. The van der Waals surface area contributed by atoms with Gasteiger partial charge in [0.1, 0.15) is 5.82 Å². The zero-order valence-corrected chi connectivity index (χ0v) is 19.5. The van der Waals surface area contributed by atoms with Crippen molar-refractivity contribution in [2.24, 2.45) is 0 Å². The summed E-state index contributed by atoms with van der Waals surface area (Å²) < 4.78 is 0. The number of H-pyrrole nitrogens is 1. The first-order valence-electron chi connectivity index (χ1n) is 11.8. The van der Waals surface area contributed by atoms with Crippen molar-refractivity contribution >= 4 is 34.4 Å². The Hall–Kier alpha value is -4.26. The van der Waals surface area contributed by atoms with Crippen molar-refractivity contribution < 1.29 is 14.4 Å². The first-order chi connectivity index (χ1) is 17.0. The Labute approximate surface area is 203 Å². The van der Waals surface area contributed by atoms with Gasteiger partial charge >= 0.3 is 0 Å². The van der Waals surface area contributed by atoms with Gasteiger partial charge in [-0.15, -0.1) is 0 Å². The van der Waals surface area contributed by atoms with Crippen molar-refractivity contribution in [3.63, 3.8) is 0 Å². The van der Waals surface area contributed by atoms with Crippen molar-refractivity contribution in [3.05, 3.63) is 94.8 Å². The number of rotatable bonds is 8. The summed E-state index contributed by atoms with van der Waals surface area (Å²) in [4.78, 5) is 46.4. The van der Waals surface area contributed by atoms with Gasteiger partial charge in [0.2, 0.25) is 5.91 Å². The lowest BCUT2D eigenvalue weighted by molar-refractivity contribution is -0.116. The van der Waals surface area contributed by atoms with Crippen LogP contribution in [-0.4, -0.2) is 39.1 Å². The number of aromatic nitrogens is 2. The number of imidazole rings is 1. The average Bonchev–Trinajstić information content (AvgIpc) is 3.37. The van der Waals surface area contributed by atoms with Crippen LogP contribution in [0.2, 0.25) is 0 Å². The van der Waals surface area contributed by atoms with Crippen molar-refractivity contribution in [2.45, 2.75) is 32.6 Å². The van der Waals surface area contributed by atoms with E-state index >= 15 is 0 Å². The van der Waals surface area contributed by atoms with Crippen molar-refractivity contribution in [1.29, 1.82) is 0 Å².